The first-order valence-electron chi connectivity index (χ1n) is 8.60. The molecule has 0 aliphatic carbocycles. The van der Waals surface area contributed by atoms with Gasteiger partial charge in [0.15, 0.2) is 5.82 Å². The third-order valence-corrected chi connectivity index (χ3v) is 4.55. The lowest BCUT2D eigenvalue weighted by molar-refractivity contribution is 0.0703. The van der Waals surface area contributed by atoms with Crippen LogP contribution in [0.25, 0.3) is 11.6 Å². The molecule has 0 bridgehead atoms. The molecule has 1 aromatic carbocycles. The van der Waals surface area contributed by atoms with E-state index in [9.17, 15) is 13.6 Å². The highest BCUT2D eigenvalue weighted by Gasteiger charge is 2.29. The number of piperidine rings is 1. The average molecular weight is 370 g/mol. The fraction of sp³-hybridized carbons (Fsp3) is 0.263. The summed E-state index contributed by atoms with van der Waals surface area (Å²) in [4.78, 5) is 22.6. The van der Waals surface area contributed by atoms with Crippen LogP contribution in [-0.4, -0.2) is 39.0 Å². The Morgan fingerprint density at radius 2 is 1.89 bits per heavy atom. The quantitative estimate of drug-likeness (QED) is 0.706. The van der Waals surface area contributed by atoms with Crippen molar-refractivity contribution in [1.82, 2.24) is 20.0 Å². The van der Waals surface area contributed by atoms with Gasteiger partial charge in [-0.1, -0.05) is 5.16 Å². The molecule has 0 radical (unpaired) electrons. The van der Waals surface area contributed by atoms with E-state index in [1.165, 1.54) is 36.4 Å². The summed E-state index contributed by atoms with van der Waals surface area (Å²) in [5, 5.41) is 4.01. The Hall–Kier alpha value is -3.16. The molecule has 0 saturated carbocycles. The molecule has 138 valence electrons. The molecule has 6 nitrogen and oxygen atoms in total. The number of benzene rings is 1. The maximum Gasteiger partial charge on any atom is 0.276 e. The second-order valence-corrected chi connectivity index (χ2v) is 6.42. The van der Waals surface area contributed by atoms with Gasteiger partial charge in [-0.05, 0) is 49.2 Å². The maximum atomic E-state index is 13.1. The average Bonchev–Trinajstić information content (AvgIpc) is 3.19. The van der Waals surface area contributed by atoms with Crippen molar-refractivity contribution in [2.45, 2.75) is 18.8 Å². The van der Waals surface area contributed by atoms with Crippen LogP contribution in [0.15, 0.2) is 47.1 Å². The highest BCUT2D eigenvalue weighted by atomic mass is 19.1. The van der Waals surface area contributed by atoms with E-state index in [-0.39, 0.29) is 23.5 Å². The van der Waals surface area contributed by atoms with Crippen LogP contribution in [0.5, 0.6) is 0 Å². The SMILES string of the molecule is O=C(c1ccc(F)cc1)N1CCC[C@H](c2noc(-c3ccc(F)cn3)n2)C1. The number of halogens is 2. The molecule has 0 unspecified atom stereocenters. The summed E-state index contributed by atoms with van der Waals surface area (Å²) in [7, 11) is 0. The van der Waals surface area contributed by atoms with Crippen LogP contribution in [0, 0.1) is 11.6 Å². The molecule has 3 aromatic rings. The van der Waals surface area contributed by atoms with E-state index < -0.39 is 5.82 Å². The van der Waals surface area contributed by atoms with Crippen LogP contribution >= 0.6 is 0 Å². The van der Waals surface area contributed by atoms with Crippen molar-refractivity contribution >= 4 is 5.91 Å². The Morgan fingerprint density at radius 3 is 2.63 bits per heavy atom. The summed E-state index contributed by atoms with van der Waals surface area (Å²) in [6, 6.07) is 8.25. The first-order chi connectivity index (χ1) is 13.1. The molecule has 1 aliphatic heterocycles. The van der Waals surface area contributed by atoms with Crippen LogP contribution in [0.4, 0.5) is 8.78 Å². The minimum atomic E-state index is -0.444. The summed E-state index contributed by atoms with van der Waals surface area (Å²) < 4.78 is 31.3. The highest BCUT2D eigenvalue weighted by molar-refractivity contribution is 5.94. The lowest BCUT2D eigenvalue weighted by Crippen LogP contribution is -2.39. The minimum Gasteiger partial charge on any atom is -0.338 e. The van der Waals surface area contributed by atoms with E-state index in [0.717, 1.165) is 19.0 Å². The van der Waals surface area contributed by atoms with Crippen LogP contribution in [0.2, 0.25) is 0 Å². The highest BCUT2D eigenvalue weighted by Crippen LogP contribution is 2.27. The zero-order chi connectivity index (χ0) is 18.8. The van der Waals surface area contributed by atoms with Crippen molar-refractivity contribution < 1.29 is 18.1 Å². The molecule has 1 fully saturated rings. The number of likely N-dealkylation sites (tertiary alicyclic amines) is 1. The first kappa shape index (κ1) is 17.3. The molecule has 0 spiro atoms. The second-order valence-electron chi connectivity index (χ2n) is 6.42. The summed E-state index contributed by atoms with van der Waals surface area (Å²) in [5.41, 5.74) is 0.839. The third-order valence-electron chi connectivity index (χ3n) is 4.55. The van der Waals surface area contributed by atoms with Gasteiger partial charge in [0.05, 0.1) is 6.20 Å². The summed E-state index contributed by atoms with van der Waals surface area (Å²) in [6.07, 6.45) is 2.71. The molecule has 3 heterocycles. The van der Waals surface area contributed by atoms with Gasteiger partial charge in [-0.3, -0.25) is 4.79 Å². The molecular weight excluding hydrogens is 354 g/mol. The molecule has 1 atom stereocenters. The minimum absolute atomic E-state index is 0.0684. The number of carbonyl (C=O) groups excluding carboxylic acids is 1. The van der Waals surface area contributed by atoms with Gasteiger partial charge in [0.25, 0.3) is 11.8 Å². The maximum absolute atomic E-state index is 13.1. The van der Waals surface area contributed by atoms with Gasteiger partial charge in [0.2, 0.25) is 0 Å². The third kappa shape index (κ3) is 3.69. The van der Waals surface area contributed by atoms with Gasteiger partial charge in [-0.15, -0.1) is 0 Å². The Balaban J connectivity index is 1.49. The van der Waals surface area contributed by atoms with Crippen LogP contribution in [0.1, 0.15) is 34.9 Å². The molecular formula is C19H16F2N4O2. The fourth-order valence-corrected chi connectivity index (χ4v) is 3.15. The van der Waals surface area contributed by atoms with Crippen molar-refractivity contribution in [2.75, 3.05) is 13.1 Å². The largest absolute Gasteiger partial charge is 0.338 e. The zero-order valence-corrected chi connectivity index (χ0v) is 14.3. The number of pyridine rings is 1. The van der Waals surface area contributed by atoms with E-state index in [4.69, 9.17) is 4.52 Å². The number of rotatable bonds is 3. The van der Waals surface area contributed by atoms with E-state index in [1.807, 2.05) is 0 Å². The second kappa shape index (κ2) is 7.22. The molecule has 8 heteroatoms. The predicted molar refractivity (Wildman–Crippen MR) is 91.8 cm³/mol. The van der Waals surface area contributed by atoms with Gasteiger partial charge in [-0.25, -0.2) is 13.8 Å². The number of hydrogen-bond acceptors (Lipinski definition) is 5. The van der Waals surface area contributed by atoms with Crippen molar-refractivity contribution in [3.8, 4) is 11.6 Å². The molecule has 27 heavy (non-hydrogen) atoms. The van der Waals surface area contributed by atoms with Gasteiger partial charge >= 0.3 is 0 Å². The van der Waals surface area contributed by atoms with Gasteiger partial charge in [0.1, 0.15) is 17.3 Å². The van der Waals surface area contributed by atoms with Crippen molar-refractivity contribution in [2.24, 2.45) is 0 Å². The Kier molecular flexibility index (Phi) is 4.62. The van der Waals surface area contributed by atoms with E-state index in [1.54, 1.807) is 4.90 Å². The lowest BCUT2D eigenvalue weighted by atomic mass is 9.96. The standard InChI is InChI=1S/C19H16F2N4O2/c20-14-5-3-12(4-6-14)19(26)25-9-1-2-13(11-25)17-23-18(27-24-17)16-8-7-15(21)10-22-16/h3-8,10,13H,1-2,9,11H2/t13-/m0/s1. The van der Waals surface area contributed by atoms with Crippen molar-refractivity contribution in [3.63, 3.8) is 0 Å². The summed E-state index contributed by atoms with van der Waals surface area (Å²) >= 11 is 0. The Labute approximate surface area is 153 Å². The topological polar surface area (TPSA) is 72.1 Å². The van der Waals surface area contributed by atoms with Crippen LogP contribution in [-0.2, 0) is 0 Å². The van der Waals surface area contributed by atoms with E-state index >= 15 is 0 Å². The molecule has 4 rings (SSSR count). The number of hydrogen-bond donors (Lipinski definition) is 0. The molecule has 2 aromatic heterocycles. The lowest BCUT2D eigenvalue weighted by Gasteiger charge is -2.31. The zero-order valence-electron chi connectivity index (χ0n) is 14.3. The molecule has 1 saturated heterocycles. The Bertz CT molecular complexity index is 941. The van der Waals surface area contributed by atoms with Crippen molar-refractivity contribution in [3.05, 3.63) is 65.6 Å². The van der Waals surface area contributed by atoms with Crippen molar-refractivity contribution in [1.29, 1.82) is 0 Å². The molecule has 0 N–H and O–H groups in total. The number of amides is 1. The molecule has 1 amide bonds. The van der Waals surface area contributed by atoms with E-state index in [2.05, 4.69) is 15.1 Å². The predicted octanol–water partition coefficient (Wildman–Crippen LogP) is 3.43. The van der Waals surface area contributed by atoms with Gasteiger partial charge in [0, 0.05) is 24.6 Å². The normalized spacial score (nSPS) is 17.1. The number of carbonyl (C=O) groups is 1. The van der Waals surface area contributed by atoms with Crippen LogP contribution in [0.3, 0.4) is 0 Å². The number of nitrogens with zero attached hydrogens (tertiary/aromatic N) is 4. The molecule has 1 aliphatic rings. The van der Waals surface area contributed by atoms with Crippen LogP contribution < -0.4 is 0 Å². The summed E-state index contributed by atoms with van der Waals surface area (Å²) in [5.74, 6) is -0.332. The smallest absolute Gasteiger partial charge is 0.276 e. The van der Waals surface area contributed by atoms with E-state index in [0.29, 0.717) is 30.2 Å². The van der Waals surface area contributed by atoms with Gasteiger partial charge < -0.3 is 9.42 Å². The fourth-order valence-electron chi connectivity index (χ4n) is 3.15. The monoisotopic (exact) mass is 370 g/mol. The Morgan fingerprint density at radius 1 is 1.11 bits per heavy atom. The van der Waals surface area contributed by atoms with Gasteiger partial charge in [-0.2, -0.15) is 4.98 Å². The number of aromatic nitrogens is 3. The first-order valence-corrected chi connectivity index (χ1v) is 8.60. The summed E-state index contributed by atoms with van der Waals surface area (Å²) in [6.45, 7) is 1.07.